The summed E-state index contributed by atoms with van der Waals surface area (Å²) < 4.78 is 0. The minimum absolute atomic E-state index is 0.0304. The van der Waals surface area contributed by atoms with Gasteiger partial charge in [0.25, 0.3) is 5.91 Å². The van der Waals surface area contributed by atoms with Crippen molar-refractivity contribution in [3.8, 4) is 0 Å². The van der Waals surface area contributed by atoms with Gasteiger partial charge in [0.1, 0.15) is 5.82 Å². The average molecular weight is 292 g/mol. The minimum atomic E-state index is -0.273. The molecule has 116 valence electrons. The fourth-order valence-electron chi connectivity index (χ4n) is 1.81. The summed E-state index contributed by atoms with van der Waals surface area (Å²) in [5.41, 5.74) is 1.35. The smallest absolute Gasteiger partial charge is 0.251 e. The van der Waals surface area contributed by atoms with Crippen molar-refractivity contribution < 1.29 is 9.59 Å². The van der Waals surface area contributed by atoms with Crippen molar-refractivity contribution in [1.29, 1.82) is 0 Å². The number of nitrogens with zero attached hydrogens (tertiary/aromatic N) is 1. The molecule has 0 radical (unpaired) electrons. The van der Waals surface area contributed by atoms with E-state index in [1.165, 1.54) is 0 Å². The molecule has 1 aromatic rings. The molecule has 0 atom stereocenters. The Kier molecular flexibility index (Phi) is 6.65. The van der Waals surface area contributed by atoms with Crippen LogP contribution in [-0.4, -0.2) is 35.9 Å². The van der Waals surface area contributed by atoms with Crippen LogP contribution in [-0.2, 0) is 11.2 Å². The zero-order valence-corrected chi connectivity index (χ0v) is 13.1. The van der Waals surface area contributed by atoms with Crippen LogP contribution in [0.2, 0.25) is 0 Å². The van der Waals surface area contributed by atoms with Gasteiger partial charge in [-0.05, 0) is 39.3 Å². The fraction of sp³-hybridized carbons (Fsp3) is 0.533. The van der Waals surface area contributed by atoms with Crippen molar-refractivity contribution in [3.05, 3.63) is 23.4 Å². The number of pyridine rings is 1. The molecule has 0 saturated heterocycles. The molecule has 3 N–H and O–H groups in total. The first-order chi connectivity index (χ1) is 9.96. The lowest BCUT2D eigenvalue weighted by Gasteiger charge is -2.11. The molecule has 6 nitrogen and oxygen atoms in total. The third-order valence-electron chi connectivity index (χ3n) is 2.72. The molecular formula is C15H24N4O2. The van der Waals surface area contributed by atoms with Gasteiger partial charge in [0.2, 0.25) is 5.91 Å². The van der Waals surface area contributed by atoms with E-state index in [4.69, 9.17) is 0 Å². The monoisotopic (exact) mass is 292 g/mol. The largest absolute Gasteiger partial charge is 0.370 e. The van der Waals surface area contributed by atoms with Crippen LogP contribution in [0, 0.1) is 0 Å². The second-order valence-corrected chi connectivity index (χ2v) is 5.02. The summed E-state index contributed by atoms with van der Waals surface area (Å²) in [7, 11) is 0. The molecule has 0 aliphatic rings. The Morgan fingerprint density at radius 3 is 2.52 bits per heavy atom. The Morgan fingerprint density at radius 1 is 1.24 bits per heavy atom. The number of amides is 2. The number of carbonyl (C=O) groups excluding carboxylic acids is 2. The van der Waals surface area contributed by atoms with Gasteiger partial charge in [0.15, 0.2) is 0 Å². The molecular weight excluding hydrogens is 268 g/mol. The van der Waals surface area contributed by atoms with Crippen molar-refractivity contribution in [1.82, 2.24) is 15.6 Å². The SMILES string of the molecule is CCNc1cc(C(=O)NCC(=O)NC(C)C)cc(CC)n1. The maximum Gasteiger partial charge on any atom is 0.251 e. The first kappa shape index (κ1) is 16.9. The van der Waals surface area contributed by atoms with E-state index in [0.29, 0.717) is 11.4 Å². The van der Waals surface area contributed by atoms with E-state index >= 15 is 0 Å². The number of nitrogens with one attached hydrogen (secondary N) is 3. The van der Waals surface area contributed by atoms with Crippen LogP contribution < -0.4 is 16.0 Å². The molecule has 0 bridgehead atoms. The first-order valence-electron chi connectivity index (χ1n) is 7.28. The zero-order chi connectivity index (χ0) is 15.8. The highest BCUT2D eigenvalue weighted by molar-refractivity contribution is 5.97. The van der Waals surface area contributed by atoms with Crippen LogP contribution in [0.3, 0.4) is 0 Å². The summed E-state index contributed by atoms with van der Waals surface area (Å²) in [6.45, 7) is 8.40. The Hall–Kier alpha value is -2.11. The van der Waals surface area contributed by atoms with E-state index in [9.17, 15) is 9.59 Å². The topological polar surface area (TPSA) is 83.1 Å². The second-order valence-electron chi connectivity index (χ2n) is 5.02. The second kappa shape index (κ2) is 8.24. The molecule has 1 heterocycles. The van der Waals surface area contributed by atoms with Crippen LogP contribution in [0.15, 0.2) is 12.1 Å². The van der Waals surface area contributed by atoms with E-state index in [0.717, 1.165) is 18.7 Å². The Balaban J connectivity index is 2.72. The summed E-state index contributed by atoms with van der Waals surface area (Å²) in [6.07, 6.45) is 0.743. The van der Waals surface area contributed by atoms with E-state index in [1.54, 1.807) is 12.1 Å². The van der Waals surface area contributed by atoms with Crippen LogP contribution >= 0.6 is 0 Å². The van der Waals surface area contributed by atoms with Gasteiger partial charge >= 0.3 is 0 Å². The lowest BCUT2D eigenvalue weighted by Crippen LogP contribution is -2.39. The molecule has 0 fully saturated rings. The summed E-state index contributed by atoms with van der Waals surface area (Å²) >= 11 is 0. The zero-order valence-electron chi connectivity index (χ0n) is 13.1. The molecule has 0 aromatic carbocycles. The van der Waals surface area contributed by atoms with Gasteiger partial charge < -0.3 is 16.0 Å². The lowest BCUT2D eigenvalue weighted by atomic mass is 10.2. The van der Waals surface area contributed by atoms with E-state index in [-0.39, 0.29) is 24.4 Å². The van der Waals surface area contributed by atoms with E-state index < -0.39 is 0 Å². The molecule has 0 unspecified atom stereocenters. The summed E-state index contributed by atoms with van der Waals surface area (Å²) in [5.74, 6) is 0.203. The normalized spacial score (nSPS) is 10.3. The molecule has 0 spiro atoms. The number of anilines is 1. The van der Waals surface area contributed by atoms with Crippen molar-refractivity contribution in [3.63, 3.8) is 0 Å². The third-order valence-corrected chi connectivity index (χ3v) is 2.72. The molecule has 0 aliphatic carbocycles. The standard InChI is InChI=1S/C15H24N4O2/c1-5-12-7-11(8-13(19-12)16-6-2)15(21)17-9-14(20)18-10(3)4/h7-8,10H,5-6,9H2,1-4H3,(H,16,19)(H,17,21)(H,18,20). The number of hydrogen-bond donors (Lipinski definition) is 3. The predicted molar refractivity (Wildman–Crippen MR) is 83.4 cm³/mol. The van der Waals surface area contributed by atoms with Gasteiger partial charge in [-0.25, -0.2) is 4.98 Å². The first-order valence-corrected chi connectivity index (χ1v) is 7.28. The van der Waals surface area contributed by atoms with Gasteiger partial charge in [0.05, 0.1) is 6.54 Å². The molecule has 0 aliphatic heterocycles. The molecule has 2 amide bonds. The van der Waals surface area contributed by atoms with Gasteiger partial charge in [-0.3, -0.25) is 9.59 Å². The van der Waals surface area contributed by atoms with Crippen LogP contribution in [0.5, 0.6) is 0 Å². The highest BCUT2D eigenvalue weighted by atomic mass is 16.2. The van der Waals surface area contributed by atoms with Crippen molar-refractivity contribution in [2.45, 2.75) is 40.2 Å². The molecule has 6 heteroatoms. The molecule has 1 aromatic heterocycles. The van der Waals surface area contributed by atoms with E-state index in [2.05, 4.69) is 20.9 Å². The van der Waals surface area contributed by atoms with Gasteiger partial charge in [0, 0.05) is 23.8 Å². The minimum Gasteiger partial charge on any atom is -0.370 e. The van der Waals surface area contributed by atoms with Crippen LogP contribution in [0.1, 0.15) is 43.7 Å². The summed E-state index contributed by atoms with van der Waals surface area (Å²) in [6, 6.07) is 3.50. The summed E-state index contributed by atoms with van der Waals surface area (Å²) in [4.78, 5) is 28.0. The molecule has 1 rings (SSSR count). The number of aryl methyl sites for hydroxylation is 1. The average Bonchev–Trinajstić information content (AvgIpc) is 2.44. The van der Waals surface area contributed by atoms with Crippen molar-refractivity contribution >= 4 is 17.6 Å². The maximum atomic E-state index is 12.1. The number of aromatic nitrogens is 1. The van der Waals surface area contributed by atoms with Gasteiger partial charge in [-0.15, -0.1) is 0 Å². The summed E-state index contributed by atoms with van der Waals surface area (Å²) in [5, 5.41) is 8.44. The highest BCUT2D eigenvalue weighted by Crippen LogP contribution is 2.11. The van der Waals surface area contributed by atoms with Gasteiger partial charge in [-0.2, -0.15) is 0 Å². The molecule has 0 saturated carbocycles. The van der Waals surface area contributed by atoms with E-state index in [1.807, 2.05) is 27.7 Å². The third kappa shape index (κ3) is 5.81. The Bertz CT molecular complexity index is 500. The predicted octanol–water partition coefficient (Wildman–Crippen LogP) is 1.33. The number of rotatable bonds is 7. The fourth-order valence-corrected chi connectivity index (χ4v) is 1.81. The van der Waals surface area contributed by atoms with Crippen molar-refractivity contribution in [2.75, 3.05) is 18.4 Å². The van der Waals surface area contributed by atoms with Crippen LogP contribution in [0.4, 0.5) is 5.82 Å². The van der Waals surface area contributed by atoms with Crippen LogP contribution in [0.25, 0.3) is 0 Å². The Morgan fingerprint density at radius 2 is 1.95 bits per heavy atom. The highest BCUT2D eigenvalue weighted by Gasteiger charge is 2.11. The van der Waals surface area contributed by atoms with Crippen molar-refractivity contribution in [2.24, 2.45) is 0 Å². The lowest BCUT2D eigenvalue weighted by molar-refractivity contribution is -0.120. The van der Waals surface area contributed by atoms with Gasteiger partial charge in [-0.1, -0.05) is 6.92 Å². The number of hydrogen-bond acceptors (Lipinski definition) is 4. The number of carbonyl (C=O) groups is 2. The quantitative estimate of drug-likeness (QED) is 0.708. The maximum absolute atomic E-state index is 12.1. The molecule has 21 heavy (non-hydrogen) atoms. The Labute approximate surface area is 125 Å².